The highest BCUT2D eigenvalue weighted by Crippen LogP contribution is 2.26. The van der Waals surface area contributed by atoms with Gasteiger partial charge in [0.25, 0.3) is 0 Å². The molecule has 3 nitrogen and oxygen atoms in total. The van der Waals surface area contributed by atoms with Crippen LogP contribution in [0.3, 0.4) is 0 Å². The molecule has 21 heavy (non-hydrogen) atoms. The van der Waals surface area contributed by atoms with E-state index in [2.05, 4.69) is 16.5 Å². The van der Waals surface area contributed by atoms with Gasteiger partial charge in [0.2, 0.25) is 5.95 Å². The van der Waals surface area contributed by atoms with Crippen LogP contribution >= 0.6 is 11.6 Å². The number of fused-ring (bicyclic) bond motifs is 1. The molecule has 1 heterocycles. The standard InChI is InChI=1S/C17H26ClN3/c1-2-3-4-5-6-7-8-9-13-21-16-14(18)11-10-12-15(16)20-17(21)19/h10-12H,2-9,13H2,1H3,(H2,19,20). The quantitative estimate of drug-likeness (QED) is 0.629. The summed E-state index contributed by atoms with van der Waals surface area (Å²) in [5.41, 5.74) is 7.87. The van der Waals surface area contributed by atoms with Crippen LogP contribution in [0.1, 0.15) is 58.3 Å². The number of imidazole rings is 1. The van der Waals surface area contributed by atoms with Crippen LogP contribution in [0.2, 0.25) is 5.02 Å². The molecule has 0 saturated carbocycles. The molecule has 0 aliphatic heterocycles. The van der Waals surface area contributed by atoms with Crippen molar-refractivity contribution in [2.24, 2.45) is 0 Å². The smallest absolute Gasteiger partial charge is 0.201 e. The van der Waals surface area contributed by atoms with Gasteiger partial charge in [0, 0.05) is 6.54 Å². The normalized spacial score (nSPS) is 11.3. The maximum Gasteiger partial charge on any atom is 0.201 e. The number of anilines is 1. The lowest BCUT2D eigenvalue weighted by atomic mass is 10.1. The number of unbranched alkanes of at least 4 members (excludes halogenated alkanes) is 7. The summed E-state index contributed by atoms with van der Waals surface area (Å²) in [6.07, 6.45) is 10.5. The molecular formula is C17H26ClN3. The van der Waals surface area contributed by atoms with Gasteiger partial charge in [0.1, 0.15) is 0 Å². The predicted octanol–water partition coefficient (Wildman–Crippen LogP) is 5.41. The van der Waals surface area contributed by atoms with E-state index in [1.54, 1.807) is 0 Å². The number of benzene rings is 1. The Morgan fingerprint density at radius 1 is 1.05 bits per heavy atom. The van der Waals surface area contributed by atoms with Crippen molar-refractivity contribution in [3.8, 4) is 0 Å². The van der Waals surface area contributed by atoms with E-state index in [1.807, 2.05) is 18.2 Å². The zero-order valence-corrected chi connectivity index (χ0v) is 13.7. The number of hydrogen-bond donors (Lipinski definition) is 1. The molecule has 0 spiro atoms. The summed E-state index contributed by atoms with van der Waals surface area (Å²) in [6.45, 7) is 3.16. The van der Waals surface area contributed by atoms with Crippen LogP contribution < -0.4 is 5.73 Å². The third kappa shape index (κ3) is 4.37. The molecule has 0 bridgehead atoms. The zero-order chi connectivity index (χ0) is 15.1. The Kier molecular flexibility index (Phi) is 6.37. The van der Waals surface area contributed by atoms with E-state index < -0.39 is 0 Å². The molecule has 4 heteroatoms. The molecule has 0 atom stereocenters. The summed E-state index contributed by atoms with van der Waals surface area (Å²) in [5.74, 6) is 0.570. The summed E-state index contributed by atoms with van der Waals surface area (Å²) in [4.78, 5) is 4.38. The lowest BCUT2D eigenvalue weighted by Crippen LogP contribution is -2.03. The molecule has 1 aromatic carbocycles. The van der Waals surface area contributed by atoms with Gasteiger partial charge in [-0.3, -0.25) is 0 Å². The summed E-state index contributed by atoms with van der Waals surface area (Å²) in [5, 5.41) is 0.733. The van der Waals surface area contributed by atoms with Crippen molar-refractivity contribution >= 4 is 28.6 Å². The Hall–Kier alpha value is -1.22. The third-order valence-electron chi connectivity index (χ3n) is 3.98. The van der Waals surface area contributed by atoms with Gasteiger partial charge in [-0.2, -0.15) is 0 Å². The average molecular weight is 308 g/mol. The number of para-hydroxylation sites is 1. The number of nitrogen functional groups attached to an aromatic ring is 1. The van der Waals surface area contributed by atoms with Crippen molar-refractivity contribution < 1.29 is 0 Å². The molecule has 2 aromatic rings. The number of aromatic nitrogens is 2. The van der Waals surface area contributed by atoms with E-state index in [4.69, 9.17) is 17.3 Å². The number of hydrogen-bond acceptors (Lipinski definition) is 2. The predicted molar refractivity (Wildman–Crippen MR) is 91.8 cm³/mol. The van der Waals surface area contributed by atoms with Gasteiger partial charge >= 0.3 is 0 Å². The number of aryl methyl sites for hydroxylation is 1. The van der Waals surface area contributed by atoms with E-state index in [0.29, 0.717) is 5.95 Å². The first-order valence-electron chi connectivity index (χ1n) is 8.14. The first-order chi connectivity index (χ1) is 10.2. The minimum absolute atomic E-state index is 0.570. The topological polar surface area (TPSA) is 43.8 Å². The monoisotopic (exact) mass is 307 g/mol. The summed E-state index contributed by atoms with van der Waals surface area (Å²) < 4.78 is 2.05. The van der Waals surface area contributed by atoms with Gasteiger partial charge < -0.3 is 10.3 Å². The second-order valence-corrected chi connectivity index (χ2v) is 6.11. The third-order valence-corrected chi connectivity index (χ3v) is 4.29. The highest BCUT2D eigenvalue weighted by Gasteiger charge is 2.10. The molecule has 0 amide bonds. The molecule has 0 fully saturated rings. The Bertz CT molecular complexity index is 562. The van der Waals surface area contributed by atoms with Crippen LogP contribution in [0.5, 0.6) is 0 Å². The summed E-state index contributed by atoms with van der Waals surface area (Å²) in [7, 11) is 0. The number of rotatable bonds is 9. The van der Waals surface area contributed by atoms with Gasteiger partial charge in [0.15, 0.2) is 0 Å². The molecule has 0 unspecified atom stereocenters. The Balaban J connectivity index is 1.80. The number of nitrogens with two attached hydrogens (primary N) is 1. The second kappa shape index (κ2) is 8.28. The molecule has 0 saturated heterocycles. The highest BCUT2D eigenvalue weighted by atomic mass is 35.5. The van der Waals surface area contributed by atoms with Crippen LogP contribution in [0.15, 0.2) is 18.2 Å². The van der Waals surface area contributed by atoms with E-state index in [0.717, 1.165) is 29.0 Å². The highest BCUT2D eigenvalue weighted by molar-refractivity contribution is 6.35. The molecular weight excluding hydrogens is 282 g/mol. The van der Waals surface area contributed by atoms with Gasteiger partial charge in [0.05, 0.1) is 16.1 Å². The maximum atomic E-state index is 6.27. The molecule has 0 aliphatic rings. The second-order valence-electron chi connectivity index (χ2n) is 5.70. The number of halogens is 1. The fourth-order valence-corrected chi connectivity index (χ4v) is 3.06. The Morgan fingerprint density at radius 2 is 1.71 bits per heavy atom. The van der Waals surface area contributed by atoms with Crippen molar-refractivity contribution in [1.29, 1.82) is 0 Å². The first kappa shape index (κ1) is 16.2. The van der Waals surface area contributed by atoms with E-state index in [1.165, 1.54) is 44.9 Å². The molecule has 0 aliphatic carbocycles. The van der Waals surface area contributed by atoms with E-state index in [9.17, 15) is 0 Å². The SMILES string of the molecule is CCCCCCCCCCn1c(N)nc2cccc(Cl)c21. The van der Waals surface area contributed by atoms with E-state index >= 15 is 0 Å². The van der Waals surface area contributed by atoms with Gasteiger partial charge in [-0.05, 0) is 18.6 Å². The average Bonchev–Trinajstić information content (AvgIpc) is 2.79. The van der Waals surface area contributed by atoms with Crippen molar-refractivity contribution in [2.45, 2.75) is 64.8 Å². The van der Waals surface area contributed by atoms with Gasteiger partial charge in [-0.15, -0.1) is 0 Å². The maximum absolute atomic E-state index is 6.27. The molecule has 0 radical (unpaired) electrons. The largest absolute Gasteiger partial charge is 0.369 e. The molecule has 1 aromatic heterocycles. The molecule has 2 N–H and O–H groups in total. The fraction of sp³-hybridized carbons (Fsp3) is 0.588. The molecule has 116 valence electrons. The van der Waals surface area contributed by atoms with Gasteiger partial charge in [-0.1, -0.05) is 69.5 Å². The summed E-state index contributed by atoms with van der Waals surface area (Å²) >= 11 is 6.27. The van der Waals surface area contributed by atoms with Crippen molar-refractivity contribution in [3.63, 3.8) is 0 Å². The molecule has 2 rings (SSSR count). The van der Waals surface area contributed by atoms with Crippen LogP contribution in [0, 0.1) is 0 Å². The van der Waals surface area contributed by atoms with Crippen LogP contribution in [-0.2, 0) is 6.54 Å². The first-order valence-corrected chi connectivity index (χ1v) is 8.52. The van der Waals surface area contributed by atoms with Crippen LogP contribution in [0.25, 0.3) is 11.0 Å². The van der Waals surface area contributed by atoms with Crippen molar-refractivity contribution in [1.82, 2.24) is 9.55 Å². The lowest BCUT2D eigenvalue weighted by molar-refractivity contribution is 0.550. The van der Waals surface area contributed by atoms with Crippen molar-refractivity contribution in [2.75, 3.05) is 5.73 Å². The minimum atomic E-state index is 0.570. The van der Waals surface area contributed by atoms with E-state index in [-0.39, 0.29) is 0 Å². The van der Waals surface area contributed by atoms with Crippen LogP contribution in [0.4, 0.5) is 5.95 Å². The Morgan fingerprint density at radius 3 is 2.43 bits per heavy atom. The fourth-order valence-electron chi connectivity index (χ4n) is 2.79. The zero-order valence-electron chi connectivity index (χ0n) is 12.9. The lowest BCUT2D eigenvalue weighted by Gasteiger charge is -2.07. The minimum Gasteiger partial charge on any atom is -0.369 e. The van der Waals surface area contributed by atoms with Gasteiger partial charge in [-0.25, -0.2) is 4.98 Å². The Labute approximate surface area is 132 Å². The summed E-state index contributed by atoms with van der Waals surface area (Å²) in [6, 6.07) is 5.77. The van der Waals surface area contributed by atoms with Crippen molar-refractivity contribution in [3.05, 3.63) is 23.2 Å². The van der Waals surface area contributed by atoms with Crippen LogP contribution in [-0.4, -0.2) is 9.55 Å². The number of nitrogens with zero attached hydrogens (tertiary/aromatic N) is 2.